The maximum atomic E-state index is 12.5. The van der Waals surface area contributed by atoms with E-state index in [0.717, 1.165) is 0 Å². The average molecular weight is 452 g/mol. The molecule has 0 aliphatic rings. The summed E-state index contributed by atoms with van der Waals surface area (Å²) in [6.07, 6.45) is 0. The third-order valence-corrected chi connectivity index (χ3v) is 5.91. The van der Waals surface area contributed by atoms with Crippen molar-refractivity contribution in [2.45, 2.75) is 18.9 Å². The summed E-state index contributed by atoms with van der Waals surface area (Å²) in [4.78, 5) is 13.5. The zero-order valence-electron chi connectivity index (χ0n) is 14.7. The Balaban J connectivity index is 2.05. The molecule has 0 aliphatic heterocycles. The second kappa shape index (κ2) is 9.54. The molecule has 0 saturated carbocycles. The number of benzene rings is 2. The topological polar surface area (TPSA) is 63.7 Å². The van der Waals surface area contributed by atoms with E-state index in [1.165, 1.54) is 36.2 Å². The van der Waals surface area contributed by atoms with Gasteiger partial charge >= 0.3 is 6.61 Å². The fourth-order valence-corrected chi connectivity index (χ4v) is 4.15. The number of alkyl halides is 2. The fourth-order valence-electron chi connectivity index (χ4n) is 2.42. The van der Waals surface area contributed by atoms with Crippen LogP contribution >= 0.6 is 23.2 Å². The molecule has 152 valence electrons. The Labute approximate surface area is 171 Å². The van der Waals surface area contributed by atoms with Crippen LogP contribution in [-0.4, -0.2) is 38.6 Å². The summed E-state index contributed by atoms with van der Waals surface area (Å²) in [7, 11) is -2.46. The summed E-state index contributed by atoms with van der Waals surface area (Å²) >= 11 is 11.8. The Morgan fingerprint density at radius 1 is 1.14 bits per heavy atom. The van der Waals surface area contributed by atoms with E-state index >= 15 is 0 Å². The SMILES string of the molecule is CN(Cc1ccc(Cl)c(Cl)c1)C(=O)CS(=O)(=O)Cc1ccccc1OC(F)F. The van der Waals surface area contributed by atoms with Crippen LogP contribution in [0.15, 0.2) is 42.5 Å². The van der Waals surface area contributed by atoms with E-state index in [1.807, 2.05) is 0 Å². The predicted octanol–water partition coefficient (Wildman–Crippen LogP) is 4.17. The predicted molar refractivity (Wildman–Crippen MR) is 104 cm³/mol. The molecule has 0 spiro atoms. The third-order valence-electron chi connectivity index (χ3n) is 3.74. The van der Waals surface area contributed by atoms with Gasteiger partial charge in [-0.1, -0.05) is 47.5 Å². The van der Waals surface area contributed by atoms with E-state index in [0.29, 0.717) is 15.6 Å². The monoisotopic (exact) mass is 451 g/mol. The van der Waals surface area contributed by atoms with Gasteiger partial charge in [0.1, 0.15) is 11.5 Å². The van der Waals surface area contributed by atoms with E-state index in [9.17, 15) is 22.0 Å². The molecule has 2 aromatic carbocycles. The van der Waals surface area contributed by atoms with Crippen LogP contribution in [0.25, 0.3) is 0 Å². The number of hydrogen-bond donors (Lipinski definition) is 0. The molecule has 0 radical (unpaired) electrons. The normalized spacial score (nSPS) is 11.5. The Bertz CT molecular complexity index is 954. The largest absolute Gasteiger partial charge is 0.435 e. The maximum absolute atomic E-state index is 12.5. The van der Waals surface area contributed by atoms with Gasteiger partial charge in [-0.25, -0.2) is 8.42 Å². The summed E-state index contributed by atoms with van der Waals surface area (Å²) in [5.41, 5.74) is 0.737. The number of sulfone groups is 1. The van der Waals surface area contributed by atoms with Crippen molar-refractivity contribution < 1.29 is 26.7 Å². The molecule has 10 heteroatoms. The minimum atomic E-state index is -3.91. The van der Waals surface area contributed by atoms with Crippen molar-refractivity contribution in [1.29, 1.82) is 0 Å². The van der Waals surface area contributed by atoms with Gasteiger partial charge in [0.25, 0.3) is 0 Å². The smallest absolute Gasteiger partial charge is 0.387 e. The summed E-state index contributed by atoms with van der Waals surface area (Å²) in [5.74, 6) is -2.24. The molecular weight excluding hydrogens is 435 g/mol. The average Bonchev–Trinajstić information content (AvgIpc) is 2.58. The van der Waals surface area contributed by atoms with E-state index in [1.54, 1.807) is 18.2 Å². The minimum Gasteiger partial charge on any atom is -0.435 e. The van der Waals surface area contributed by atoms with Crippen LogP contribution in [0, 0.1) is 0 Å². The van der Waals surface area contributed by atoms with Gasteiger partial charge < -0.3 is 9.64 Å². The van der Waals surface area contributed by atoms with Crippen molar-refractivity contribution in [2.75, 3.05) is 12.8 Å². The number of carbonyl (C=O) groups excluding carboxylic acids is 1. The van der Waals surface area contributed by atoms with Crippen molar-refractivity contribution in [3.63, 3.8) is 0 Å². The van der Waals surface area contributed by atoms with E-state index in [4.69, 9.17) is 23.2 Å². The molecule has 0 aliphatic carbocycles. The summed E-state index contributed by atoms with van der Waals surface area (Å²) in [6.45, 7) is -2.95. The summed E-state index contributed by atoms with van der Waals surface area (Å²) in [6, 6.07) is 10.4. The quantitative estimate of drug-likeness (QED) is 0.603. The van der Waals surface area contributed by atoms with Crippen molar-refractivity contribution in [3.8, 4) is 5.75 Å². The van der Waals surface area contributed by atoms with Crippen LogP contribution in [0.2, 0.25) is 10.0 Å². The Kier molecular flexibility index (Phi) is 7.63. The van der Waals surface area contributed by atoms with Gasteiger partial charge in [-0.2, -0.15) is 8.78 Å². The number of amides is 1. The first-order valence-corrected chi connectivity index (χ1v) is 10.6. The van der Waals surface area contributed by atoms with Gasteiger partial charge in [0, 0.05) is 19.2 Å². The molecule has 0 heterocycles. The highest BCUT2D eigenvalue weighted by molar-refractivity contribution is 7.91. The maximum Gasteiger partial charge on any atom is 0.387 e. The molecule has 0 atom stereocenters. The molecule has 2 aromatic rings. The Morgan fingerprint density at radius 2 is 1.82 bits per heavy atom. The molecule has 0 aromatic heterocycles. The van der Waals surface area contributed by atoms with E-state index in [2.05, 4.69) is 4.74 Å². The molecule has 0 saturated heterocycles. The van der Waals surface area contributed by atoms with E-state index < -0.39 is 33.9 Å². The highest BCUT2D eigenvalue weighted by Gasteiger charge is 2.22. The first-order valence-electron chi connectivity index (χ1n) is 7.98. The van der Waals surface area contributed by atoms with Crippen molar-refractivity contribution in [2.24, 2.45) is 0 Å². The van der Waals surface area contributed by atoms with Crippen LogP contribution < -0.4 is 4.74 Å². The zero-order chi connectivity index (χ0) is 20.9. The fraction of sp³-hybridized carbons (Fsp3) is 0.278. The first kappa shape index (κ1) is 22.4. The molecule has 0 unspecified atom stereocenters. The molecule has 1 amide bonds. The number of hydrogen-bond acceptors (Lipinski definition) is 4. The number of carbonyl (C=O) groups is 1. The van der Waals surface area contributed by atoms with Gasteiger partial charge in [-0.15, -0.1) is 0 Å². The van der Waals surface area contributed by atoms with Crippen LogP contribution in [0.4, 0.5) is 8.78 Å². The highest BCUT2D eigenvalue weighted by Crippen LogP contribution is 2.24. The molecule has 0 N–H and O–H groups in total. The molecule has 28 heavy (non-hydrogen) atoms. The van der Waals surface area contributed by atoms with Gasteiger partial charge in [-0.05, 0) is 23.8 Å². The van der Waals surface area contributed by atoms with Crippen LogP contribution in [0.1, 0.15) is 11.1 Å². The van der Waals surface area contributed by atoms with Crippen molar-refractivity contribution in [3.05, 3.63) is 63.6 Å². The van der Waals surface area contributed by atoms with Crippen LogP contribution in [0.5, 0.6) is 5.75 Å². The minimum absolute atomic E-state index is 0.0581. The van der Waals surface area contributed by atoms with Gasteiger partial charge in [0.2, 0.25) is 5.91 Å². The number of nitrogens with zero attached hydrogens (tertiary/aromatic N) is 1. The standard InChI is InChI=1S/C18H17Cl2F2NO4S/c1-23(9-12-6-7-14(19)15(20)8-12)17(24)11-28(25,26)10-13-4-2-3-5-16(13)27-18(21)22/h2-8,18H,9-11H2,1H3. The molecular formula is C18H17Cl2F2NO4S. The number of halogens is 4. The second-order valence-electron chi connectivity index (χ2n) is 6.02. The van der Waals surface area contributed by atoms with Gasteiger partial charge in [0.15, 0.2) is 9.84 Å². The van der Waals surface area contributed by atoms with Crippen molar-refractivity contribution >= 4 is 38.9 Å². The molecule has 2 rings (SSSR count). The van der Waals surface area contributed by atoms with E-state index in [-0.39, 0.29) is 17.9 Å². The number of rotatable bonds is 8. The lowest BCUT2D eigenvalue weighted by molar-refractivity contribution is -0.127. The zero-order valence-corrected chi connectivity index (χ0v) is 17.1. The van der Waals surface area contributed by atoms with Gasteiger partial charge in [-0.3, -0.25) is 4.79 Å². The lowest BCUT2D eigenvalue weighted by atomic mass is 10.2. The summed E-state index contributed by atoms with van der Waals surface area (Å²) in [5, 5.41) is 0.690. The Hall–Kier alpha value is -1.90. The molecule has 5 nitrogen and oxygen atoms in total. The lowest BCUT2D eigenvalue weighted by Gasteiger charge is -2.18. The highest BCUT2D eigenvalue weighted by atomic mass is 35.5. The van der Waals surface area contributed by atoms with Crippen molar-refractivity contribution in [1.82, 2.24) is 4.90 Å². The third kappa shape index (κ3) is 6.61. The van der Waals surface area contributed by atoms with Crippen LogP contribution in [0.3, 0.4) is 0 Å². The number of ether oxygens (including phenoxy) is 1. The first-order chi connectivity index (χ1) is 13.1. The Morgan fingerprint density at radius 3 is 2.46 bits per heavy atom. The molecule has 0 fully saturated rings. The second-order valence-corrected chi connectivity index (χ2v) is 8.90. The number of para-hydroxylation sites is 1. The molecule has 0 bridgehead atoms. The summed E-state index contributed by atoms with van der Waals surface area (Å²) < 4.78 is 54.0. The lowest BCUT2D eigenvalue weighted by Crippen LogP contribution is -2.32. The van der Waals surface area contributed by atoms with Gasteiger partial charge in [0.05, 0.1) is 15.8 Å². The van der Waals surface area contributed by atoms with Crippen LogP contribution in [-0.2, 0) is 26.9 Å².